The number of amides is 2. The van der Waals surface area contributed by atoms with Crippen molar-refractivity contribution >= 4 is 11.8 Å². The number of rotatable bonds is 1. The Bertz CT molecular complexity index is 334. The van der Waals surface area contributed by atoms with Gasteiger partial charge in [0.25, 0.3) is 0 Å². The molecular formula is C12H20N2O2. The van der Waals surface area contributed by atoms with Crippen LogP contribution in [0.1, 0.15) is 46.0 Å². The number of nitrogens with one attached hydrogen (secondary N) is 1. The topological polar surface area (TPSA) is 49.4 Å². The van der Waals surface area contributed by atoms with Gasteiger partial charge in [0, 0.05) is 7.05 Å². The Balaban J connectivity index is 2.34. The molecule has 1 spiro atoms. The van der Waals surface area contributed by atoms with Crippen LogP contribution in [0.2, 0.25) is 0 Å². The summed E-state index contributed by atoms with van der Waals surface area (Å²) in [5, 5.41) is 2.98. The number of carbonyl (C=O) groups excluding carboxylic acids is 2. The molecule has 2 fully saturated rings. The van der Waals surface area contributed by atoms with Crippen LogP contribution >= 0.6 is 0 Å². The summed E-state index contributed by atoms with van der Waals surface area (Å²) in [6, 6.07) is 0. The van der Waals surface area contributed by atoms with Crippen LogP contribution in [0.15, 0.2) is 0 Å². The molecule has 2 rings (SSSR count). The second-order valence-corrected chi connectivity index (χ2v) is 5.23. The van der Waals surface area contributed by atoms with E-state index in [1.54, 1.807) is 11.9 Å². The van der Waals surface area contributed by atoms with Gasteiger partial charge < -0.3 is 10.2 Å². The molecule has 4 heteroatoms. The van der Waals surface area contributed by atoms with E-state index >= 15 is 0 Å². The number of hydrogen-bond acceptors (Lipinski definition) is 2. The van der Waals surface area contributed by atoms with Gasteiger partial charge in [0.15, 0.2) is 0 Å². The molecule has 2 amide bonds. The minimum atomic E-state index is -0.676. The summed E-state index contributed by atoms with van der Waals surface area (Å²) >= 11 is 0. The number of nitrogens with zero attached hydrogens (tertiary/aromatic N) is 1. The fraction of sp³-hybridized carbons (Fsp3) is 0.833. The first kappa shape index (κ1) is 11.4. The van der Waals surface area contributed by atoms with E-state index in [0.29, 0.717) is 6.42 Å². The molecule has 1 heterocycles. The average Bonchev–Trinajstić information content (AvgIpc) is 2.73. The molecule has 1 unspecified atom stereocenters. The Kier molecular flexibility index (Phi) is 2.48. The maximum atomic E-state index is 12.4. The fourth-order valence-electron chi connectivity index (χ4n) is 2.82. The quantitative estimate of drug-likeness (QED) is 0.724. The largest absolute Gasteiger partial charge is 0.340 e. The van der Waals surface area contributed by atoms with Gasteiger partial charge in [0.1, 0.15) is 11.1 Å². The van der Waals surface area contributed by atoms with Gasteiger partial charge in [-0.3, -0.25) is 9.59 Å². The molecular weight excluding hydrogens is 204 g/mol. The summed E-state index contributed by atoms with van der Waals surface area (Å²) in [6.45, 7) is 3.78. The van der Waals surface area contributed by atoms with Crippen molar-refractivity contribution in [3.8, 4) is 0 Å². The van der Waals surface area contributed by atoms with Gasteiger partial charge in [-0.05, 0) is 26.2 Å². The summed E-state index contributed by atoms with van der Waals surface area (Å²) < 4.78 is 0. The van der Waals surface area contributed by atoms with Crippen molar-refractivity contribution in [3.63, 3.8) is 0 Å². The van der Waals surface area contributed by atoms with Gasteiger partial charge in [-0.25, -0.2) is 0 Å². The van der Waals surface area contributed by atoms with E-state index in [-0.39, 0.29) is 11.8 Å². The van der Waals surface area contributed by atoms with Crippen molar-refractivity contribution in [2.75, 3.05) is 7.05 Å². The third-order valence-electron chi connectivity index (χ3n) is 4.44. The second kappa shape index (κ2) is 3.47. The zero-order chi connectivity index (χ0) is 12.0. The number of piperazine rings is 1. The molecule has 0 aromatic carbocycles. The third kappa shape index (κ3) is 1.28. The number of likely N-dealkylation sites (N-methyl/N-ethyl adjacent to an activating group) is 1. The Hall–Kier alpha value is -1.06. The van der Waals surface area contributed by atoms with Crippen molar-refractivity contribution in [2.45, 2.75) is 57.0 Å². The van der Waals surface area contributed by atoms with Crippen LogP contribution in [-0.2, 0) is 9.59 Å². The average molecular weight is 224 g/mol. The van der Waals surface area contributed by atoms with Crippen molar-refractivity contribution < 1.29 is 9.59 Å². The lowest BCUT2D eigenvalue weighted by Gasteiger charge is -2.48. The van der Waals surface area contributed by atoms with Gasteiger partial charge >= 0.3 is 0 Å². The highest BCUT2D eigenvalue weighted by atomic mass is 16.2. The molecule has 2 aliphatic rings. The molecule has 1 saturated heterocycles. The van der Waals surface area contributed by atoms with E-state index in [4.69, 9.17) is 0 Å². The fourth-order valence-corrected chi connectivity index (χ4v) is 2.82. The third-order valence-corrected chi connectivity index (χ3v) is 4.44. The number of carbonyl (C=O) groups is 2. The molecule has 1 aliphatic carbocycles. The van der Waals surface area contributed by atoms with Gasteiger partial charge in [0.2, 0.25) is 11.8 Å². The minimum Gasteiger partial charge on any atom is -0.340 e. The molecule has 0 radical (unpaired) electrons. The van der Waals surface area contributed by atoms with Crippen LogP contribution < -0.4 is 5.32 Å². The molecule has 1 aliphatic heterocycles. The lowest BCUT2D eigenvalue weighted by atomic mass is 9.84. The van der Waals surface area contributed by atoms with E-state index in [2.05, 4.69) is 5.32 Å². The Morgan fingerprint density at radius 2 is 1.88 bits per heavy atom. The van der Waals surface area contributed by atoms with Gasteiger partial charge in [-0.1, -0.05) is 19.8 Å². The SMILES string of the molecule is CCC1(C)C(=O)NC2(CCCC2)C(=O)N1C. The summed E-state index contributed by atoms with van der Waals surface area (Å²) in [5.74, 6) is 0.0907. The minimum absolute atomic E-state index is 0.000926. The van der Waals surface area contributed by atoms with Gasteiger partial charge in [-0.15, -0.1) is 0 Å². The van der Waals surface area contributed by atoms with Crippen molar-refractivity contribution in [1.29, 1.82) is 0 Å². The zero-order valence-corrected chi connectivity index (χ0v) is 10.3. The molecule has 0 bridgehead atoms. The predicted molar refractivity (Wildman–Crippen MR) is 60.8 cm³/mol. The first-order chi connectivity index (χ1) is 7.46. The van der Waals surface area contributed by atoms with Gasteiger partial charge in [-0.2, -0.15) is 0 Å². The molecule has 1 atom stereocenters. The smallest absolute Gasteiger partial charge is 0.248 e. The van der Waals surface area contributed by atoms with E-state index in [9.17, 15) is 9.59 Å². The molecule has 0 aromatic rings. The molecule has 90 valence electrons. The van der Waals surface area contributed by atoms with Crippen LogP contribution in [0, 0.1) is 0 Å². The zero-order valence-electron chi connectivity index (χ0n) is 10.3. The summed E-state index contributed by atoms with van der Waals surface area (Å²) in [5.41, 5.74) is -1.26. The van der Waals surface area contributed by atoms with Crippen LogP contribution in [0.5, 0.6) is 0 Å². The molecule has 1 N–H and O–H groups in total. The lowest BCUT2D eigenvalue weighted by Crippen LogP contribution is -2.73. The van der Waals surface area contributed by atoms with E-state index in [1.165, 1.54) is 0 Å². The molecule has 4 nitrogen and oxygen atoms in total. The molecule has 16 heavy (non-hydrogen) atoms. The first-order valence-corrected chi connectivity index (χ1v) is 6.07. The Morgan fingerprint density at radius 1 is 1.31 bits per heavy atom. The summed E-state index contributed by atoms with van der Waals surface area (Å²) in [7, 11) is 1.75. The van der Waals surface area contributed by atoms with Gasteiger partial charge in [0.05, 0.1) is 0 Å². The summed E-state index contributed by atoms with van der Waals surface area (Å²) in [6.07, 6.45) is 4.30. The number of hydrogen-bond donors (Lipinski definition) is 1. The van der Waals surface area contributed by atoms with Crippen molar-refractivity contribution in [2.24, 2.45) is 0 Å². The Morgan fingerprint density at radius 3 is 2.38 bits per heavy atom. The standard InChI is InChI=1S/C12H20N2O2/c1-4-11(2)9(15)13-12(7-5-6-8-12)10(16)14(11)3/h4-8H2,1-3H3,(H,13,15). The van der Waals surface area contributed by atoms with Crippen molar-refractivity contribution in [3.05, 3.63) is 0 Å². The van der Waals surface area contributed by atoms with Crippen molar-refractivity contribution in [1.82, 2.24) is 10.2 Å². The van der Waals surface area contributed by atoms with Crippen LogP contribution in [0.4, 0.5) is 0 Å². The highest BCUT2D eigenvalue weighted by Gasteiger charge is 2.55. The van der Waals surface area contributed by atoms with Crippen LogP contribution in [0.25, 0.3) is 0 Å². The molecule has 0 aromatic heterocycles. The second-order valence-electron chi connectivity index (χ2n) is 5.23. The van der Waals surface area contributed by atoms with Crippen LogP contribution in [0.3, 0.4) is 0 Å². The van der Waals surface area contributed by atoms with Crippen LogP contribution in [-0.4, -0.2) is 34.8 Å². The predicted octanol–water partition coefficient (Wildman–Crippen LogP) is 1.06. The monoisotopic (exact) mass is 224 g/mol. The maximum absolute atomic E-state index is 12.4. The highest BCUT2D eigenvalue weighted by Crippen LogP contribution is 2.37. The summed E-state index contributed by atoms with van der Waals surface area (Å²) in [4.78, 5) is 26.2. The van der Waals surface area contributed by atoms with E-state index < -0.39 is 11.1 Å². The first-order valence-electron chi connectivity index (χ1n) is 6.07. The van der Waals surface area contributed by atoms with E-state index in [1.807, 2.05) is 13.8 Å². The maximum Gasteiger partial charge on any atom is 0.248 e. The highest BCUT2D eigenvalue weighted by molar-refractivity contribution is 6.02. The normalized spacial score (nSPS) is 33.3. The lowest BCUT2D eigenvalue weighted by molar-refractivity contribution is -0.160. The van der Waals surface area contributed by atoms with E-state index in [0.717, 1.165) is 25.7 Å². The Labute approximate surface area is 96.4 Å². The molecule has 1 saturated carbocycles.